The summed E-state index contributed by atoms with van der Waals surface area (Å²) >= 11 is 1.37. The lowest BCUT2D eigenvalue weighted by molar-refractivity contribution is -0.120. The van der Waals surface area contributed by atoms with E-state index in [1.54, 1.807) is 13.4 Å². The Bertz CT molecular complexity index is 750. The van der Waals surface area contributed by atoms with Gasteiger partial charge in [0.15, 0.2) is 5.16 Å². The first-order chi connectivity index (χ1) is 12.1. The van der Waals surface area contributed by atoms with Crippen molar-refractivity contribution in [2.75, 3.05) is 12.9 Å². The number of nitrogens with one attached hydrogen (secondary N) is 1. The van der Waals surface area contributed by atoms with Crippen molar-refractivity contribution in [3.05, 3.63) is 30.6 Å². The molecule has 1 heterocycles. The Morgan fingerprint density at radius 1 is 1.27 bits per heavy atom. The standard InChI is InChI=1S/C19H28N4O2S/c1-18(2,3)12-19(4,5)21-16(24)11-26-17-22-20-13-23(17)14-8-7-9-15(10-14)25-6/h7-10,13H,11-12H2,1-6H3,(H,21,24). The summed E-state index contributed by atoms with van der Waals surface area (Å²) in [7, 11) is 1.63. The van der Waals surface area contributed by atoms with Gasteiger partial charge in [-0.25, -0.2) is 0 Å². The van der Waals surface area contributed by atoms with Crippen LogP contribution in [0.25, 0.3) is 5.69 Å². The predicted molar refractivity (Wildman–Crippen MR) is 105 cm³/mol. The molecule has 6 nitrogen and oxygen atoms in total. The van der Waals surface area contributed by atoms with Crippen molar-refractivity contribution >= 4 is 17.7 Å². The van der Waals surface area contributed by atoms with Crippen LogP contribution in [0.2, 0.25) is 0 Å². The molecule has 1 aromatic heterocycles. The molecule has 0 aliphatic heterocycles. The Morgan fingerprint density at radius 2 is 2.00 bits per heavy atom. The molecule has 1 aromatic carbocycles. The van der Waals surface area contributed by atoms with Crippen LogP contribution in [0, 0.1) is 5.41 Å². The highest BCUT2D eigenvalue weighted by Gasteiger charge is 2.27. The van der Waals surface area contributed by atoms with Gasteiger partial charge in [0.25, 0.3) is 0 Å². The van der Waals surface area contributed by atoms with Gasteiger partial charge in [-0.15, -0.1) is 10.2 Å². The molecule has 0 saturated carbocycles. The maximum Gasteiger partial charge on any atom is 0.230 e. The third-order valence-corrected chi connectivity index (χ3v) is 4.57. The fourth-order valence-corrected chi connectivity index (χ4v) is 3.90. The topological polar surface area (TPSA) is 69.0 Å². The van der Waals surface area contributed by atoms with E-state index in [1.807, 2.05) is 28.8 Å². The van der Waals surface area contributed by atoms with Crippen LogP contribution in [0.5, 0.6) is 5.75 Å². The SMILES string of the molecule is COc1cccc(-n2cnnc2SCC(=O)NC(C)(C)CC(C)(C)C)c1. The second kappa shape index (κ2) is 8.12. The van der Waals surface area contributed by atoms with Gasteiger partial charge in [-0.2, -0.15) is 0 Å². The quantitative estimate of drug-likeness (QED) is 0.746. The van der Waals surface area contributed by atoms with Crippen molar-refractivity contribution in [3.8, 4) is 11.4 Å². The van der Waals surface area contributed by atoms with Gasteiger partial charge in [0.2, 0.25) is 5.91 Å². The summed E-state index contributed by atoms with van der Waals surface area (Å²) in [5.41, 5.74) is 0.789. The minimum Gasteiger partial charge on any atom is -0.497 e. The van der Waals surface area contributed by atoms with E-state index in [9.17, 15) is 4.79 Å². The molecule has 1 N–H and O–H groups in total. The number of benzene rings is 1. The number of hydrogen-bond acceptors (Lipinski definition) is 5. The van der Waals surface area contributed by atoms with Crippen LogP contribution in [0.15, 0.2) is 35.7 Å². The molecule has 0 bridgehead atoms. The van der Waals surface area contributed by atoms with E-state index in [0.717, 1.165) is 17.9 Å². The zero-order valence-electron chi connectivity index (χ0n) is 16.4. The molecule has 142 valence electrons. The molecule has 0 radical (unpaired) electrons. The molecule has 1 amide bonds. The lowest BCUT2D eigenvalue weighted by Crippen LogP contribution is -2.46. The fraction of sp³-hybridized carbons (Fsp3) is 0.526. The average molecular weight is 377 g/mol. The van der Waals surface area contributed by atoms with E-state index in [4.69, 9.17) is 4.74 Å². The van der Waals surface area contributed by atoms with Gasteiger partial charge in [0.1, 0.15) is 12.1 Å². The van der Waals surface area contributed by atoms with E-state index in [-0.39, 0.29) is 22.6 Å². The van der Waals surface area contributed by atoms with Gasteiger partial charge in [0.05, 0.1) is 18.6 Å². The second-order valence-corrected chi connectivity index (χ2v) is 9.09. The van der Waals surface area contributed by atoms with Gasteiger partial charge in [-0.1, -0.05) is 38.6 Å². The van der Waals surface area contributed by atoms with Crippen LogP contribution in [-0.4, -0.2) is 39.1 Å². The van der Waals surface area contributed by atoms with Gasteiger partial charge in [-0.05, 0) is 37.8 Å². The normalized spacial score (nSPS) is 12.1. The van der Waals surface area contributed by atoms with Crippen molar-refractivity contribution < 1.29 is 9.53 Å². The van der Waals surface area contributed by atoms with Gasteiger partial charge < -0.3 is 10.1 Å². The molecular weight excluding hydrogens is 348 g/mol. The smallest absolute Gasteiger partial charge is 0.230 e. The summed E-state index contributed by atoms with van der Waals surface area (Å²) in [5, 5.41) is 11.9. The summed E-state index contributed by atoms with van der Waals surface area (Å²) < 4.78 is 7.11. The molecule has 0 unspecified atom stereocenters. The molecule has 2 rings (SSSR count). The molecule has 0 aliphatic rings. The number of thioether (sulfide) groups is 1. The largest absolute Gasteiger partial charge is 0.497 e. The van der Waals surface area contributed by atoms with E-state index < -0.39 is 0 Å². The number of carbonyl (C=O) groups is 1. The first-order valence-corrected chi connectivity index (χ1v) is 9.56. The molecule has 0 atom stereocenters. The van der Waals surface area contributed by atoms with E-state index >= 15 is 0 Å². The summed E-state index contributed by atoms with van der Waals surface area (Å²) in [5.74, 6) is 1.04. The first kappa shape index (κ1) is 20.3. The number of methoxy groups -OCH3 is 1. The highest BCUT2D eigenvalue weighted by Crippen LogP contribution is 2.27. The van der Waals surface area contributed by atoms with E-state index in [0.29, 0.717) is 5.16 Å². The zero-order valence-corrected chi connectivity index (χ0v) is 17.2. The zero-order chi connectivity index (χ0) is 19.4. The number of rotatable bonds is 7. The Morgan fingerprint density at radius 3 is 2.65 bits per heavy atom. The Hall–Kier alpha value is -2.02. The molecular formula is C19H28N4O2S. The summed E-state index contributed by atoms with van der Waals surface area (Å²) in [4.78, 5) is 12.4. The second-order valence-electron chi connectivity index (χ2n) is 8.14. The number of ether oxygens (including phenoxy) is 1. The molecule has 26 heavy (non-hydrogen) atoms. The minimum absolute atomic E-state index is 0.00978. The lowest BCUT2D eigenvalue weighted by atomic mass is 9.82. The van der Waals surface area contributed by atoms with Crippen LogP contribution in [0.4, 0.5) is 0 Å². The number of nitrogens with zero attached hydrogens (tertiary/aromatic N) is 3. The fourth-order valence-electron chi connectivity index (χ4n) is 3.17. The molecule has 2 aromatic rings. The Labute approximate surface area is 159 Å². The van der Waals surface area contributed by atoms with Crippen LogP contribution in [-0.2, 0) is 4.79 Å². The van der Waals surface area contributed by atoms with Crippen molar-refractivity contribution in [2.45, 2.75) is 51.7 Å². The monoisotopic (exact) mass is 376 g/mol. The van der Waals surface area contributed by atoms with Crippen LogP contribution < -0.4 is 10.1 Å². The van der Waals surface area contributed by atoms with Gasteiger partial charge in [0, 0.05) is 11.6 Å². The number of hydrogen-bond donors (Lipinski definition) is 1. The lowest BCUT2D eigenvalue weighted by Gasteiger charge is -2.33. The van der Waals surface area contributed by atoms with Crippen LogP contribution >= 0.6 is 11.8 Å². The molecule has 0 saturated heterocycles. The van der Waals surface area contributed by atoms with E-state index in [1.165, 1.54) is 11.8 Å². The Balaban J connectivity index is 2.00. The summed E-state index contributed by atoms with van der Waals surface area (Å²) in [6.07, 6.45) is 2.54. The summed E-state index contributed by atoms with van der Waals surface area (Å²) in [6.45, 7) is 10.6. The predicted octanol–water partition coefficient (Wildman–Crippen LogP) is 3.70. The molecule has 0 spiro atoms. The number of amides is 1. The van der Waals surface area contributed by atoms with Crippen molar-refractivity contribution in [1.29, 1.82) is 0 Å². The van der Waals surface area contributed by atoms with E-state index in [2.05, 4.69) is 50.1 Å². The average Bonchev–Trinajstić information content (AvgIpc) is 2.98. The first-order valence-electron chi connectivity index (χ1n) is 8.58. The molecule has 0 fully saturated rings. The van der Waals surface area contributed by atoms with Crippen LogP contribution in [0.1, 0.15) is 41.0 Å². The third kappa shape index (κ3) is 6.05. The molecule has 7 heteroatoms. The van der Waals surface area contributed by atoms with Gasteiger partial charge in [-0.3, -0.25) is 9.36 Å². The number of aromatic nitrogens is 3. The maximum atomic E-state index is 12.4. The third-order valence-electron chi connectivity index (χ3n) is 3.63. The number of carbonyl (C=O) groups excluding carboxylic acids is 1. The van der Waals surface area contributed by atoms with Crippen molar-refractivity contribution in [3.63, 3.8) is 0 Å². The highest BCUT2D eigenvalue weighted by atomic mass is 32.2. The van der Waals surface area contributed by atoms with Crippen molar-refractivity contribution in [2.24, 2.45) is 5.41 Å². The minimum atomic E-state index is -0.254. The maximum absolute atomic E-state index is 12.4. The van der Waals surface area contributed by atoms with Crippen molar-refractivity contribution in [1.82, 2.24) is 20.1 Å². The van der Waals surface area contributed by atoms with Crippen LogP contribution in [0.3, 0.4) is 0 Å². The highest BCUT2D eigenvalue weighted by molar-refractivity contribution is 7.99. The van der Waals surface area contributed by atoms with Gasteiger partial charge >= 0.3 is 0 Å². The Kier molecular flexibility index (Phi) is 6.34. The molecule has 0 aliphatic carbocycles. The summed E-state index contributed by atoms with van der Waals surface area (Å²) in [6, 6.07) is 7.64.